The predicted molar refractivity (Wildman–Crippen MR) is 88.6 cm³/mol. The normalized spacial score (nSPS) is 17.4. The summed E-state index contributed by atoms with van der Waals surface area (Å²) in [6.45, 7) is 0.982. The van der Waals surface area contributed by atoms with Gasteiger partial charge in [-0.05, 0) is 18.4 Å². The maximum absolute atomic E-state index is 12.5. The molecule has 1 fully saturated rings. The Kier molecular flexibility index (Phi) is 4.34. The zero-order valence-electron chi connectivity index (χ0n) is 12.5. The number of benzene rings is 1. The van der Waals surface area contributed by atoms with Gasteiger partial charge in [-0.1, -0.05) is 41.9 Å². The van der Waals surface area contributed by atoms with Crippen LogP contribution in [0, 0.1) is 0 Å². The Balaban J connectivity index is 1.92. The van der Waals surface area contributed by atoms with E-state index in [9.17, 15) is 9.59 Å². The van der Waals surface area contributed by atoms with Crippen molar-refractivity contribution in [2.45, 2.75) is 25.4 Å². The fourth-order valence-electron chi connectivity index (χ4n) is 2.88. The van der Waals surface area contributed by atoms with E-state index in [4.69, 9.17) is 17.3 Å². The first-order valence-electron chi connectivity index (χ1n) is 7.43. The summed E-state index contributed by atoms with van der Waals surface area (Å²) in [5.41, 5.74) is 6.48. The van der Waals surface area contributed by atoms with E-state index < -0.39 is 11.9 Å². The first-order valence-corrected chi connectivity index (χ1v) is 7.81. The van der Waals surface area contributed by atoms with Crippen LogP contribution in [0.25, 0.3) is 0 Å². The van der Waals surface area contributed by atoms with Gasteiger partial charge in [-0.3, -0.25) is 9.59 Å². The highest BCUT2D eigenvalue weighted by atomic mass is 35.5. The highest BCUT2D eigenvalue weighted by Gasteiger charge is 2.31. The number of halogens is 1. The quantitative estimate of drug-likeness (QED) is 0.917. The van der Waals surface area contributed by atoms with Crippen LogP contribution in [0.4, 0.5) is 5.69 Å². The van der Waals surface area contributed by atoms with Gasteiger partial charge in [0.2, 0.25) is 5.91 Å². The van der Waals surface area contributed by atoms with Crippen molar-refractivity contribution in [3.63, 3.8) is 0 Å². The number of nitrogens with two attached hydrogens (primary N) is 1. The average Bonchev–Trinajstić information content (AvgIpc) is 3.03. The van der Waals surface area contributed by atoms with Crippen LogP contribution in [0.1, 0.15) is 18.4 Å². The first kappa shape index (κ1) is 15.6. The van der Waals surface area contributed by atoms with E-state index in [0.717, 1.165) is 12.0 Å². The van der Waals surface area contributed by atoms with Gasteiger partial charge in [-0.25, -0.2) is 4.68 Å². The van der Waals surface area contributed by atoms with Crippen molar-refractivity contribution in [3.05, 3.63) is 57.5 Å². The molecule has 7 heteroatoms. The predicted octanol–water partition coefficient (Wildman–Crippen LogP) is 1.40. The largest absolute Gasteiger partial charge is 0.368 e. The zero-order valence-corrected chi connectivity index (χ0v) is 13.2. The molecule has 2 heterocycles. The molecule has 0 radical (unpaired) electrons. The topological polar surface area (TPSA) is 81.2 Å². The fraction of sp³-hybridized carbons (Fsp3) is 0.312. The summed E-state index contributed by atoms with van der Waals surface area (Å²) >= 11 is 6.25. The standard InChI is InChI=1S/C16H17ClN4O2/c17-14-13(20-8-4-7-12(20)15(18)22)9-19-21(16(14)23)10-11-5-2-1-3-6-11/h1-3,5-6,9,12H,4,7-8,10H2,(H2,18,22). The van der Waals surface area contributed by atoms with Crippen molar-refractivity contribution >= 4 is 23.2 Å². The van der Waals surface area contributed by atoms with Crippen LogP contribution in [-0.2, 0) is 11.3 Å². The van der Waals surface area contributed by atoms with Crippen molar-refractivity contribution < 1.29 is 4.79 Å². The highest BCUT2D eigenvalue weighted by molar-refractivity contribution is 6.33. The van der Waals surface area contributed by atoms with Crippen molar-refractivity contribution in [1.82, 2.24) is 9.78 Å². The van der Waals surface area contributed by atoms with E-state index in [1.54, 1.807) is 4.90 Å². The van der Waals surface area contributed by atoms with E-state index >= 15 is 0 Å². The van der Waals surface area contributed by atoms with Gasteiger partial charge in [0.25, 0.3) is 5.56 Å². The molecule has 2 N–H and O–H groups in total. The lowest BCUT2D eigenvalue weighted by Gasteiger charge is -2.24. The minimum absolute atomic E-state index is 0.0732. The second-order valence-corrected chi connectivity index (χ2v) is 5.92. The fourth-order valence-corrected chi connectivity index (χ4v) is 3.13. The Morgan fingerprint density at radius 3 is 2.78 bits per heavy atom. The Labute approximate surface area is 138 Å². The molecule has 1 amide bonds. The van der Waals surface area contributed by atoms with E-state index in [-0.39, 0.29) is 10.6 Å². The SMILES string of the molecule is NC(=O)C1CCCN1c1cnn(Cc2ccccc2)c(=O)c1Cl. The third-order valence-corrected chi connectivity index (χ3v) is 4.39. The van der Waals surface area contributed by atoms with Crippen molar-refractivity contribution in [1.29, 1.82) is 0 Å². The summed E-state index contributed by atoms with van der Waals surface area (Å²) in [5.74, 6) is -0.410. The summed E-state index contributed by atoms with van der Waals surface area (Å²) in [6, 6.07) is 9.11. The molecule has 1 aromatic heterocycles. The monoisotopic (exact) mass is 332 g/mol. The van der Waals surface area contributed by atoms with E-state index in [1.807, 2.05) is 30.3 Å². The van der Waals surface area contributed by atoms with E-state index in [1.165, 1.54) is 10.9 Å². The second kappa shape index (κ2) is 6.42. The van der Waals surface area contributed by atoms with Crippen LogP contribution in [0.3, 0.4) is 0 Å². The molecule has 0 saturated carbocycles. The van der Waals surface area contributed by atoms with Gasteiger partial charge in [-0.15, -0.1) is 0 Å². The molecule has 0 aliphatic carbocycles. The Morgan fingerprint density at radius 2 is 2.09 bits per heavy atom. The van der Waals surface area contributed by atoms with Crippen LogP contribution < -0.4 is 16.2 Å². The summed E-state index contributed by atoms with van der Waals surface area (Å²) in [6.07, 6.45) is 3.03. The summed E-state index contributed by atoms with van der Waals surface area (Å²) in [4.78, 5) is 25.7. The third-order valence-electron chi connectivity index (χ3n) is 4.03. The van der Waals surface area contributed by atoms with Crippen LogP contribution in [0.5, 0.6) is 0 Å². The Hall–Kier alpha value is -2.34. The third kappa shape index (κ3) is 3.07. The molecule has 1 atom stereocenters. The Bertz CT molecular complexity index is 775. The van der Waals surface area contributed by atoms with Gasteiger partial charge < -0.3 is 10.6 Å². The van der Waals surface area contributed by atoms with Gasteiger partial charge in [0.1, 0.15) is 11.1 Å². The summed E-state index contributed by atoms with van der Waals surface area (Å²) in [7, 11) is 0. The van der Waals surface area contributed by atoms with Crippen LogP contribution >= 0.6 is 11.6 Å². The molecule has 0 spiro atoms. The molecule has 3 rings (SSSR count). The average molecular weight is 333 g/mol. The summed E-state index contributed by atoms with van der Waals surface area (Å²) in [5, 5.41) is 4.27. The van der Waals surface area contributed by atoms with Crippen LogP contribution in [-0.4, -0.2) is 28.3 Å². The minimum Gasteiger partial charge on any atom is -0.368 e. The maximum Gasteiger partial charge on any atom is 0.287 e. The van der Waals surface area contributed by atoms with E-state index in [2.05, 4.69) is 5.10 Å². The van der Waals surface area contributed by atoms with Crippen LogP contribution in [0.15, 0.2) is 41.3 Å². The number of aromatic nitrogens is 2. The van der Waals surface area contributed by atoms with Gasteiger partial charge in [0, 0.05) is 6.54 Å². The number of anilines is 1. The molecule has 23 heavy (non-hydrogen) atoms. The first-order chi connectivity index (χ1) is 11.1. The lowest BCUT2D eigenvalue weighted by Crippen LogP contribution is -2.41. The molecular weight excluding hydrogens is 316 g/mol. The molecule has 2 aromatic rings. The molecule has 1 saturated heterocycles. The Morgan fingerprint density at radius 1 is 1.35 bits per heavy atom. The molecule has 1 unspecified atom stereocenters. The van der Waals surface area contributed by atoms with E-state index in [0.29, 0.717) is 25.2 Å². The maximum atomic E-state index is 12.5. The minimum atomic E-state index is -0.432. The molecule has 1 aliphatic heterocycles. The lowest BCUT2D eigenvalue weighted by atomic mass is 10.2. The number of primary amides is 1. The highest BCUT2D eigenvalue weighted by Crippen LogP contribution is 2.29. The zero-order chi connectivity index (χ0) is 16.4. The number of amides is 1. The van der Waals surface area contributed by atoms with Gasteiger partial charge >= 0.3 is 0 Å². The number of rotatable bonds is 4. The molecule has 1 aliphatic rings. The molecule has 6 nitrogen and oxygen atoms in total. The number of hydrogen-bond donors (Lipinski definition) is 1. The number of carbonyl (C=O) groups is 1. The van der Waals surface area contributed by atoms with Crippen molar-refractivity contribution in [2.75, 3.05) is 11.4 Å². The van der Waals surface area contributed by atoms with Crippen molar-refractivity contribution in [2.24, 2.45) is 5.73 Å². The molecule has 120 valence electrons. The second-order valence-electron chi connectivity index (χ2n) is 5.55. The lowest BCUT2D eigenvalue weighted by molar-refractivity contribution is -0.119. The number of carbonyl (C=O) groups excluding carboxylic acids is 1. The van der Waals surface area contributed by atoms with Crippen molar-refractivity contribution in [3.8, 4) is 0 Å². The molecule has 1 aromatic carbocycles. The van der Waals surface area contributed by atoms with Crippen LogP contribution in [0.2, 0.25) is 5.02 Å². The number of nitrogens with zero attached hydrogens (tertiary/aromatic N) is 3. The van der Waals surface area contributed by atoms with Gasteiger partial charge in [0.15, 0.2) is 0 Å². The molecule has 0 bridgehead atoms. The molecular formula is C16H17ClN4O2. The van der Waals surface area contributed by atoms with Gasteiger partial charge in [0.05, 0.1) is 18.4 Å². The van der Waals surface area contributed by atoms with Gasteiger partial charge in [-0.2, -0.15) is 5.10 Å². The smallest absolute Gasteiger partial charge is 0.287 e. The number of hydrogen-bond acceptors (Lipinski definition) is 4. The summed E-state index contributed by atoms with van der Waals surface area (Å²) < 4.78 is 1.32.